The van der Waals surface area contributed by atoms with Gasteiger partial charge < -0.3 is 20.9 Å². The topological polar surface area (TPSA) is 83.2 Å². The number of hydrogen-bond acceptors (Lipinski definition) is 7. The van der Waals surface area contributed by atoms with Gasteiger partial charge in [0.1, 0.15) is 17.8 Å². The van der Waals surface area contributed by atoms with Crippen LogP contribution in [0.25, 0.3) is 10.9 Å². The number of rotatable bonds is 4. The number of fused-ring (bicyclic) bond motifs is 1. The van der Waals surface area contributed by atoms with Crippen LogP contribution in [0.5, 0.6) is 0 Å². The van der Waals surface area contributed by atoms with Crippen molar-refractivity contribution in [3.63, 3.8) is 0 Å². The zero-order chi connectivity index (χ0) is 22.1. The van der Waals surface area contributed by atoms with Crippen molar-refractivity contribution in [1.82, 2.24) is 15.0 Å². The van der Waals surface area contributed by atoms with Gasteiger partial charge in [-0.05, 0) is 31.2 Å². The summed E-state index contributed by atoms with van der Waals surface area (Å²) in [6.45, 7) is 4.70. The first-order chi connectivity index (χ1) is 15.6. The fourth-order valence-corrected chi connectivity index (χ4v) is 4.08. The minimum absolute atomic E-state index is 0.201. The summed E-state index contributed by atoms with van der Waals surface area (Å²) < 4.78 is 14.1. The third-order valence-corrected chi connectivity index (χ3v) is 5.75. The van der Waals surface area contributed by atoms with Crippen LogP contribution in [0.3, 0.4) is 0 Å². The third-order valence-electron chi connectivity index (χ3n) is 5.75. The van der Waals surface area contributed by atoms with Gasteiger partial charge >= 0.3 is 0 Å². The van der Waals surface area contributed by atoms with Crippen LogP contribution in [0.4, 0.5) is 33.1 Å². The highest BCUT2D eigenvalue weighted by atomic mass is 19.1. The van der Waals surface area contributed by atoms with Crippen LogP contribution in [0.2, 0.25) is 0 Å². The van der Waals surface area contributed by atoms with Gasteiger partial charge in [-0.15, -0.1) is 0 Å². The largest absolute Gasteiger partial charge is 0.393 e. The third kappa shape index (κ3) is 3.75. The van der Waals surface area contributed by atoms with Gasteiger partial charge in [0.05, 0.1) is 16.9 Å². The van der Waals surface area contributed by atoms with E-state index < -0.39 is 0 Å². The summed E-state index contributed by atoms with van der Waals surface area (Å²) in [7, 11) is 0. The fourth-order valence-electron chi connectivity index (χ4n) is 4.08. The minimum Gasteiger partial charge on any atom is -0.393 e. The number of nitrogens with one attached hydrogen (secondary N) is 1. The SMILES string of the molecule is Cc1ccc2cccc(Nc3ncnc(N4CCN(c5ccccc5F)CC4)c3N)c2n1. The second kappa shape index (κ2) is 8.30. The van der Waals surface area contributed by atoms with Gasteiger partial charge in [0.2, 0.25) is 0 Å². The number of nitrogens with two attached hydrogens (primary N) is 1. The first kappa shape index (κ1) is 20.0. The number of aryl methyl sites for hydroxylation is 1. The molecule has 162 valence electrons. The standard InChI is InChI=1S/C24H24FN7/c1-16-9-10-17-5-4-7-19(22(17)29-16)30-23-21(26)24(28-15-27-23)32-13-11-31(12-14-32)20-8-3-2-6-18(20)25/h2-10,15H,11-14,26H2,1H3,(H,27,28,30). The summed E-state index contributed by atoms with van der Waals surface area (Å²) in [5.41, 5.74) is 10.2. The summed E-state index contributed by atoms with van der Waals surface area (Å²) in [6, 6.07) is 16.9. The Labute approximate surface area is 185 Å². The van der Waals surface area contributed by atoms with Crippen molar-refractivity contribution in [3.05, 3.63) is 72.4 Å². The average molecular weight is 430 g/mol. The number of aromatic nitrogens is 3. The van der Waals surface area contributed by atoms with E-state index in [9.17, 15) is 4.39 Å². The molecule has 0 atom stereocenters. The van der Waals surface area contributed by atoms with E-state index >= 15 is 0 Å². The normalized spacial score (nSPS) is 14.1. The molecule has 0 spiro atoms. The van der Waals surface area contributed by atoms with Crippen molar-refractivity contribution in [1.29, 1.82) is 0 Å². The van der Waals surface area contributed by atoms with Crippen LogP contribution in [0.15, 0.2) is 60.9 Å². The Balaban J connectivity index is 1.37. The maximum atomic E-state index is 14.1. The molecule has 1 aliphatic heterocycles. The second-order valence-corrected chi connectivity index (χ2v) is 7.84. The fraction of sp³-hybridized carbons (Fsp3) is 0.208. The summed E-state index contributed by atoms with van der Waals surface area (Å²) in [6.07, 6.45) is 1.51. The quantitative estimate of drug-likeness (QED) is 0.505. The van der Waals surface area contributed by atoms with Gasteiger partial charge in [-0.25, -0.2) is 14.4 Å². The van der Waals surface area contributed by atoms with Crippen LogP contribution in [-0.2, 0) is 0 Å². The molecule has 0 unspecified atom stereocenters. The molecule has 0 saturated carbocycles. The molecule has 0 aliphatic carbocycles. The average Bonchev–Trinajstić information content (AvgIpc) is 2.81. The van der Waals surface area contributed by atoms with Gasteiger partial charge in [-0.2, -0.15) is 0 Å². The number of hydrogen-bond donors (Lipinski definition) is 2. The minimum atomic E-state index is -0.201. The van der Waals surface area contributed by atoms with E-state index in [1.54, 1.807) is 6.07 Å². The molecule has 2 aromatic heterocycles. The number of piperazine rings is 1. The molecule has 1 fully saturated rings. The summed E-state index contributed by atoms with van der Waals surface area (Å²) in [5.74, 6) is 1.02. The molecular formula is C24H24FN7. The van der Waals surface area contributed by atoms with Crippen LogP contribution < -0.4 is 20.9 Å². The number of halogens is 1. The zero-order valence-corrected chi connectivity index (χ0v) is 17.8. The van der Waals surface area contributed by atoms with Crippen LogP contribution in [0, 0.1) is 12.7 Å². The molecule has 4 aromatic rings. The highest BCUT2D eigenvalue weighted by molar-refractivity contribution is 5.93. The number of nitrogen functional groups attached to an aromatic ring is 1. The maximum absolute atomic E-state index is 14.1. The Bertz CT molecular complexity index is 1270. The Kier molecular flexibility index (Phi) is 5.18. The Morgan fingerprint density at radius 1 is 0.906 bits per heavy atom. The predicted octanol–water partition coefficient (Wildman–Crippen LogP) is 4.12. The smallest absolute Gasteiger partial charge is 0.159 e. The molecule has 1 saturated heterocycles. The van der Waals surface area contributed by atoms with E-state index in [-0.39, 0.29) is 5.82 Å². The van der Waals surface area contributed by atoms with Crippen LogP contribution >= 0.6 is 0 Å². The number of para-hydroxylation sites is 2. The molecule has 3 heterocycles. The van der Waals surface area contributed by atoms with Crippen molar-refractivity contribution in [2.45, 2.75) is 6.92 Å². The van der Waals surface area contributed by atoms with E-state index in [4.69, 9.17) is 5.73 Å². The summed E-state index contributed by atoms with van der Waals surface area (Å²) in [5, 5.41) is 4.38. The molecule has 8 heteroatoms. The first-order valence-corrected chi connectivity index (χ1v) is 10.6. The van der Waals surface area contributed by atoms with E-state index in [1.165, 1.54) is 12.4 Å². The number of anilines is 5. The summed E-state index contributed by atoms with van der Waals surface area (Å²) in [4.78, 5) is 17.6. The second-order valence-electron chi connectivity index (χ2n) is 7.84. The van der Waals surface area contributed by atoms with Gasteiger partial charge in [0.15, 0.2) is 11.6 Å². The van der Waals surface area contributed by atoms with E-state index in [0.717, 1.165) is 22.3 Å². The number of benzene rings is 2. The summed E-state index contributed by atoms with van der Waals surface area (Å²) >= 11 is 0. The number of nitrogens with zero attached hydrogens (tertiary/aromatic N) is 5. The van der Waals surface area contributed by atoms with Crippen LogP contribution in [0.1, 0.15) is 5.69 Å². The Hall–Kier alpha value is -3.94. The van der Waals surface area contributed by atoms with Crippen molar-refractivity contribution < 1.29 is 4.39 Å². The Morgan fingerprint density at radius 3 is 2.50 bits per heavy atom. The molecule has 0 radical (unpaired) electrons. The van der Waals surface area contributed by atoms with Crippen LogP contribution in [-0.4, -0.2) is 41.1 Å². The first-order valence-electron chi connectivity index (χ1n) is 10.6. The van der Waals surface area contributed by atoms with Gasteiger partial charge in [-0.3, -0.25) is 4.98 Å². The van der Waals surface area contributed by atoms with E-state index in [1.807, 2.05) is 54.3 Å². The molecule has 0 bridgehead atoms. The lowest BCUT2D eigenvalue weighted by Gasteiger charge is -2.37. The molecule has 32 heavy (non-hydrogen) atoms. The van der Waals surface area contributed by atoms with E-state index in [0.29, 0.717) is 49.2 Å². The molecular weight excluding hydrogens is 405 g/mol. The lowest BCUT2D eigenvalue weighted by molar-refractivity contribution is 0.596. The highest BCUT2D eigenvalue weighted by Gasteiger charge is 2.23. The molecule has 0 amide bonds. The molecule has 5 rings (SSSR count). The van der Waals surface area contributed by atoms with Gasteiger partial charge in [0, 0.05) is 37.3 Å². The maximum Gasteiger partial charge on any atom is 0.159 e. The highest BCUT2D eigenvalue weighted by Crippen LogP contribution is 2.32. The Morgan fingerprint density at radius 2 is 1.69 bits per heavy atom. The zero-order valence-electron chi connectivity index (χ0n) is 17.8. The van der Waals surface area contributed by atoms with Gasteiger partial charge in [0.25, 0.3) is 0 Å². The molecule has 7 nitrogen and oxygen atoms in total. The van der Waals surface area contributed by atoms with Crippen molar-refractivity contribution >= 4 is 39.6 Å². The molecule has 3 N–H and O–H groups in total. The number of pyridine rings is 1. The monoisotopic (exact) mass is 429 g/mol. The van der Waals surface area contributed by atoms with Gasteiger partial charge in [-0.1, -0.05) is 30.3 Å². The van der Waals surface area contributed by atoms with Crippen molar-refractivity contribution in [2.24, 2.45) is 0 Å². The molecule has 1 aliphatic rings. The predicted molar refractivity (Wildman–Crippen MR) is 127 cm³/mol. The molecule has 2 aromatic carbocycles. The lowest BCUT2D eigenvalue weighted by Crippen LogP contribution is -2.47. The van der Waals surface area contributed by atoms with Crippen molar-refractivity contribution in [2.75, 3.05) is 47.0 Å². The van der Waals surface area contributed by atoms with E-state index in [2.05, 4.69) is 25.2 Å². The van der Waals surface area contributed by atoms with Crippen molar-refractivity contribution in [3.8, 4) is 0 Å². The lowest BCUT2D eigenvalue weighted by atomic mass is 10.1.